The van der Waals surface area contributed by atoms with Crippen LogP contribution in [0.5, 0.6) is 0 Å². The maximum Gasteiger partial charge on any atom is 0.100 e. The lowest BCUT2D eigenvalue weighted by Gasteiger charge is -2.15. The van der Waals surface area contributed by atoms with Gasteiger partial charge in [-0.25, -0.2) is 4.68 Å². The normalized spacial score (nSPS) is 15.7. The van der Waals surface area contributed by atoms with Crippen molar-refractivity contribution in [2.75, 3.05) is 13.1 Å². The van der Waals surface area contributed by atoms with Crippen molar-refractivity contribution in [3.05, 3.63) is 54.1 Å². The number of fused-ring (bicyclic) bond motifs is 1. The Morgan fingerprint density at radius 3 is 2.55 bits per heavy atom. The third-order valence-corrected chi connectivity index (χ3v) is 4.49. The van der Waals surface area contributed by atoms with Crippen molar-refractivity contribution in [1.29, 1.82) is 0 Å². The van der Waals surface area contributed by atoms with E-state index in [1.807, 2.05) is 0 Å². The van der Waals surface area contributed by atoms with Crippen LogP contribution in [0.2, 0.25) is 0 Å². The summed E-state index contributed by atoms with van der Waals surface area (Å²) < 4.78 is 2.17. The molecule has 0 amide bonds. The lowest BCUT2D eigenvalue weighted by atomic mass is 10.1. The molecule has 112 valence electrons. The van der Waals surface area contributed by atoms with Gasteiger partial charge in [0.1, 0.15) is 5.69 Å². The molecule has 3 heteroatoms. The number of benzene rings is 2. The Morgan fingerprint density at radius 1 is 1.00 bits per heavy atom. The van der Waals surface area contributed by atoms with E-state index < -0.39 is 0 Å². The van der Waals surface area contributed by atoms with Crippen LogP contribution in [0.15, 0.2) is 48.5 Å². The minimum absolute atomic E-state index is 0.895. The van der Waals surface area contributed by atoms with E-state index in [4.69, 9.17) is 5.10 Å². The van der Waals surface area contributed by atoms with Crippen LogP contribution in [0.1, 0.15) is 18.4 Å². The van der Waals surface area contributed by atoms with Crippen LogP contribution in [0, 0.1) is 6.92 Å². The molecule has 3 aromatic rings. The van der Waals surface area contributed by atoms with Crippen LogP contribution < -0.4 is 0 Å². The maximum absolute atomic E-state index is 4.94. The zero-order valence-electron chi connectivity index (χ0n) is 13.0. The highest BCUT2D eigenvalue weighted by Crippen LogP contribution is 2.29. The average molecular weight is 291 g/mol. The summed E-state index contributed by atoms with van der Waals surface area (Å²) in [7, 11) is 0. The molecule has 3 nitrogen and oxygen atoms in total. The molecule has 4 rings (SSSR count). The predicted molar refractivity (Wildman–Crippen MR) is 90.7 cm³/mol. The molecule has 0 unspecified atom stereocenters. The summed E-state index contributed by atoms with van der Waals surface area (Å²) >= 11 is 0. The third-order valence-electron chi connectivity index (χ3n) is 4.49. The van der Waals surface area contributed by atoms with Gasteiger partial charge in [0.2, 0.25) is 0 Å². The Kier molecular flexibility index (Phi) is 3.43. The Labute approximate surface area is 131 Å². The molecule has 1 fully saturated rings. The number of nitrogens with zero attached hydrogens (tertiary/aromatic N) is 3. The molecule has 0 radical (unpaired) electrons. The van der Waals surface area contributed by atoms with E-state index in [0.29, 0.717) is 0 Å². The van der Waals surface area contributed by atoms with Crippen molar-refractivity contribution in [2.45, 2.75) is 26.4 Å². The van der Waals surface area contributed by atoms with Crippen molar-refractivity contribution >= 4 is 10.9 Å². The molecular formula is C19H21N3. The van der Waals surface area contributed by atoms with Gasteiger partial charge in [-0.3, -0.25) is 4.90 Å². The molecule has 0 saturated carbocycles. The zero-order valence-corrected chi connectivity index (χ0v) is 13.0. The summed E-state index contributed by atoms with van der Waals surface area (Å²) in [4.78, 5) is 2.49. The number of aryl methyl sites for hydroxylation is 1. The Balaban J connectivity index is 1.83. The van der Waals surface area contributed by atoms with Crippen LogP contribution >= 0.6 is 0 Å². The first-order valence-electron chi connectivity index (χ1n) is 8.06. The second-order valence-corrected chi connectivity index (χ2v) is 6.20. The van der Waals surface area contributed by atoms with Crippen LogP contribution in [0.4, 0.5) is 0 Å². The summed E-state index contributed by atoms with van der Waals surface area (Å²) in [6, 6.07) is 17.1. The van der Waals surface area contributed by atoms with Gasteiger partial charge >= 0.3 is 0 Å². The van der Waals surface area contributed by atoms with E-state index in [-0.39, 0.29) is 0 Å². The van der Waals surface area contributed by atoms with Crippen LogP contribution in [0.3, 0.4) is 0 Å². The zero-order chi connectivity index (χ0) is 14.9. The number of hydrogen-bond donors (Lipinski definition) is 0. The van der Waals surface area contributed by atoms with Crippen molar-refractivity contribution < 1.29 is 0 Å². The Morgan fingerprint density at radius 2 is 1.77 bits per heavy atom. The summed E-state index contributed by atoms with van der Waals surface area (Å²) in [5.74, 6) is 0. The molecule has 1 aliphatic heterocycles. The van der Waals surface area contributed by atoms with Crippen LogP contribution in [-0.4, -0.2) is 27.8 Å². The number of rotatable bonds is 3. The van der Waals surface area contributed by atoms with E-state index >= 15 is 0 Å². The lowest BCUT2D eigenvalue weighted by Crippen LogP contribution is -2.23. The van der Waals surface area contributed by atoms with Crippen molar-refractivity contribution in [1.82, 2.24) is 14.7 Å². The van der Waals surface area contributed by atoms with E-state index in [2.05, 4.69) is 65.0 Å². The van der Waals surface area contributed by atoms with Gasteiger partial charge in [-0.2, -0.15) is 5.10 Å². The van der Waals surface area contributed by atoms with Crippen molar-refractivity contribution in [2.24, 2.45) is 0 Å². The fourth-order valence-electron chi connectivity index (χ4n) is 3.32. The van der Waals surface area contributed by atoms with Crippen LogP contribution in [0.25, 0.3) is 22.2 Å². The summed E-state index contributed by atoms with van der Waals surface area (Å²) in [6.45, 7) is 5.42. The molecule has 2 aromatic carbocycles. The van der Waals surface area contributed by atoms with Gasteiger partial charge in [0.15, 0.2) is 0 Å². The first kappa shape index (κ1) is 13.5. The Bertz CT molecular complexity index is 783. The van der Waals surface area contributed by atoms with E-state index in [0.717, 1.165) is 12.4 Å². The minimum atomic E-state index is 0.895. The highest BCUT2D eigenvalue weighted by Gasteiger charge is 2.16. The molecular weight excluding hydrogens is 270 g/mol. The Hall–Kier alpha value is -2.13. The first-order chi connectivity index (χ1) is 10.8. The minimum Gasteiger partial charge on any atom is -0.284 e. The molecule has 0 spiro atoms. The van der Waals surface area contributed by atoms with E-state index in [1.54, 1.807) is 0 Å². The second-order valence-electron chi connectivity index (χ2n) is 6.20. The third kappa shape index (κ3) is 2.42. The number of hydrogen-bond acceptors (Lipinski definition) is 2. The summed E-state index contributed by atoms with van der Waals surface area (Å²) in [5, 5.41) is 6.19. The predicted octanol–water partition coefficient (Wildman–Crippen LogP) is 4.07. The van der Waals surface area contributed by atoms with Gasteiger partial charge < -0.3 is 0 Å². The van der Waals surface area contributed by atoms with Gasteiger partial charge in [0.05, 0.1) is 12.2 Å². The highest BCUT2D eigenvalue weighted by atomic mass is 15.4. The first-order valence-corrected chi connectivity index (χ1v) is 8.06. The average Bonchev–Trinajstić information content (AvgIpc) is 3.17. The SMILES string of the molecule is Cc1ccc2c(c1)c(-c1ccccc1)nn2CN1CCCC1. The molecule has 1 aromatic heterocycles. The topological polar surface area (TPSA) is 21.1 Å². The second kappa shape index (κ2) is 5.58. The molecule has 1 aliphatic rings. The summed E-state index contributed by atoms with van der Waals surface area (Å²) in [6.07, 6.45) is 2.62. The molecule has 1 saturated heterocycles. The van der Waals surface area contributed by atoms with E-state index in [9.17, 15) is 0 Å². The van der Waals surface area contributed by atoms with Gasteiger partial charge in [-0.1, -0.05) is 42.0 Å². The van der Waals surface area contributed by atoms with Crippen molar-refractivity contribution in [3.8, 4) is 11.3 Å². The van der Waals surface area contributed by atoms with Gasteiger partial charge in [0.25, 0.3) is 0 Å². The standard InChI is InChI=1S/C19H21N3/c1-15-9-10-18-17(13-15)19(16-7-3-2-4-8-16)20-22(18)14-21-11-5-6-12-21/h2-4,7-10,13H,5-6,11-12,14H2,1H3. The number of aromatic nitrogens is 2. The largest absolute Gasteiger partial charge is 0.284 e. The highest BCUT2D eigenvalue weighted by molar-refractivity contribution is 5.93. The molecule has 0 aliphatic carbocycles. The monoisotopic (exact) mass is 291 g/mol. The molecule has 2 heterocycles. The van der Waals surface area contributed by atoms with Gasteiger partial charge in [-0.15, -0.1) is 0 Å². The number of likely N-dealkylation sites (tertiary alicyclic amines) is 1. The quantitative estimate of drug-likeness (QED) is 0.725. The fourth-order valence-corrected chi connectivity index (χ4v) is 3.32. The summed E-state index contributed by atoms with van der Waals surface area (Å²) in [5.41, 5.74) is 4.80. The molecule has 0 N–H and O–H groups in total. The maximum atomic E-state index is 4.94. The van der Waals surface area contributed by atoms with Crippen LogP contribution in [-0.2, 0) is 6.67 Å². The molecule has 0 bridgehead atoms. The molecule has 22 heavy (non-hydrogen) atoms. The lowest BCUT2D eigenvalue weighted by molar-refractivity contribution is 0.261. The molecule has 0 atom stereocenters. The van der Waals surface area contributed by atoms with E-state index in [1.165, 1.54) is 48.0 Å². The smallest absolute Gasteiger partial charge is 0.100 e. The fraction of sp³-hybridized carbons (Fsp3) is 0.316. The van der Waals surface area contributed by atoms with Crippen molar-refractivity contribution in [3.63, 3.8) is 0 Å². The van der Waals surface area contributed by atoms with Gasteiger partial charge in [0, 0.05) is 10.9 Å². The van der Waals surface area contributed by atoms with Gasteiger partial charge in [-0.05, 0) is 45.0 Å².